The molecule has 11 nitrogen and oxygen atoms in total. The third-order valence-corrected chi connectivity index (χ3v) is 8.63. The zero-order chi connectivity index (χ0) is 36.1. The second-order valence-corrected chi connectivity index (χ2v) is 12.4. The molecular weight excluding hydrogens is 652 g/mol. The number of aliphatic hydroxyl groups is 2. The SMILES string of the molecule is COCCOCCOCCOCCOC(=O)NC(Cc1ccccc1)C(O)CC(CC=Cc1ccccc1)C(=O)N[C@H]1c2ccccc2C[C@@H]1O. The monoisotopic (exact) mass is 704 g/mol. The standard InChI is InChI=1S/C40H52N2O9/c1-47-19-20-48-21-22-49-23-24-50-25-26-51-40(46)41-35(27-31-13-6-3-7-14-31)36(43)29-33(17-10-15-30-11-4-2-5-12-30)39(45)42-38-34-18-9-8-16-32(34)28-37(38)44/h2-16,18,33,35-38,43-44H,17,19-29H2,1H3,(H,41,46)(H,42,45)/t33?,35?,36?,37-,38-/m0/s1. The van der Waals surface area contributed by atoms with Crippen molar-refractivity contribution in [3.63, 3.8) is 0 Å². The van der Waals surface area contributed by atoms with Gasteiger partial charge in [-0.25, -0.2) is 4.79 Å². The summed E-state index contributed by atoms with van der Waals surface area (Å²) in [5, 5.41) is 28.3. The summed E-state index contributed by atoms with van der Waals surface area (Å²) in [6.07, 6.45) is 2.50. The van der Waals surface area contributed by atoms with Crippen molar-refractivity contribution in [3.05, 3.63) is 113 Å². The summed E-state index contributed by atoms with van der Waals surface area (Å²) in [5.74, 6) is -0.933. The molecule has 0 bridgehead atoms. The molecule has 0 fully saturated rings. The van der Waals surface area contributed by atoms with Crippen LogP contribution in [0.15, 0.2) is 91.0 Å². The van der Waals surface area contributed by atoms with Gasteiger partial charge in [0.05, 0.1) is 70.5 Å². The molecule has 276 valence electrons. The first-order valence-corrected chi connectivity index (χ1v) is 17.6. The minimum Gasteiger partial charge on any atom is -0.447 e. The molecule has 2 amide bonds. The Balaban J connectivity index is 1.34. The summed E-state index contributed by atoms with van der Waals surface area (Å²) in [4.78, 5) is 26.8. The second-order valence-electron chi connectivity index (χ2n) is 12.4. The normalized spacial score (nSPS) is 17.1. The number of benzene rings is 3. The van der Waals surface area contributed by atoms with Gasteiger partial charge in [-0.2, -0.15) is 0 Å². The van der Waals surface area contributed by atoms with Gasteiger partial charge < -0.3 is 44.5 Å². The summed E-state index contributed by atoms with van der Waals surface area (Å²) < 4.78 is 26.6. The highest BCUT2D eigenvalue weighted by Crippen LogP contribution is 2.32. The van der Waals surface area contributed by atoms with E-state index in [0.717, 1.165) is 22.3 Å². The van der Waals surface area contributed by atoms with Crippen LogP contribution in [-0.2, 0) is 41.3 Å². The number of ether oxygens (including phenoxy) is 5. The van der Waals surface area contributed by atoms with Crippen molar-refractivity contribution in [1.29, 1.82) is 0 Å². The van der Waals surface area contributed by atoms with E-state index in [9.17, 15) is 19.8 Å². The predicted molar refractivity (Wildman–Crippen MR) is 194 cm³/mol. The Morgan fingerprint density at radius 1 is 0.824 bits per heavy atom. The number of rotatable bonds is 23. The number of nitrogens with one attached hydrogen (secondary N) is 2. The highest BCUT2D eigenvalue weighted by molar-refractivity contribution is 5.80. The topological polar surface area (TPSA) is 145 Å². The summed E-state index contributed by atoms with van der Waals surface area (Å²) in [5.41, 5.74) is 3.79. The lowest BCUT2D eigenvalue weighted by Gasteiger charge is -2.28. The van der Waals surface area contributed by atoms with Gasteiger partial charge in [-0.1, -0.05) is 97.1 Å². The molecule has 0 saturated heterocycles. The number of hydrogen-bond donors (Lipinski definition) is 4. The van der Waals surface area contributed by atoms with E-state index in [0.29, 0.717) is 58.9 Å². The molecule has 1 aliphatic carbocycles. The van der Waals surface area contributed by atoms with E-state index >= 15 is 0 Å². The van der Waals surface area contributed by atoms with Gasteiger partial charge in [0.25, 0.3) is 0 Å². The molecule has 5 atom stereocenters. The number of carbonyl (C=O) groups is 2. The van der Waals surface area contributed by atoms with Gasteiger partial charge in [0.1, 0.15) is 6.61 Å². The van der Waals surface area contributed by atoms with Crippen LogP contribution in [0, 0.1) is 5.92 Å². The molecule has 4 rings (SSSR count). The largest absolute Gasteiger partial charge is 0.447 e. The maximum absolute atomic E-state index is 13.9. The fourth-order valence-electron chi connectivity index (χ4n) is 5.94. The Bertz CT molecular complexity index is 1460. The van der Waals surface area contributed by atoms with Crippen LogP contribution in [0.3, 0.4) is 0 Å². The number of hydrogen-bond acceptors (Lipinski definition) is 9. The van der Waals surface area contributed by atoms with Crippen LogP contribution in [0.25, 0.3) is 6.08 Å². The fourth-order valence-corrected chi connectivity index (χ4v) is 5.94. The van der Waals surface area contributed by atoms with Crippen LogP contribution in [0.5, 0.6) is 0 Å². The summed E-state index contributed by atoms with van der Waals surface area (Å²) in [6, 6.07) is 25.7. The second kappa shape index (κ2) is 22.7. The van der Waals surface area contributed by atoms with Crippen LogP contribution in [0.1, 0.15) is 41.1 Å². The molecule has 0 aliphatic heterocycles. The van der Waals surface area contributed by atoms with E-state index in [-0.39, 0.29) is 25.5 Å². The Morgan fingerprint density at radius 3 is 2.12 bits per heavy atom. The molecular formula is C40H52N2O9. The lowest BCUT2D eigenvalue weighted by Crippen LogP contribution is -2.47. The fraction of sp³-hybridized carbons (Fsp3) is 0.450. The summed E-state index contributed by atoms with van der Waals surface area (Å²) >= 11 is 0. The van der Waals surface area contributed by atoms with Gasteiger partial charge in [-0.05, 0) is 41.5 Å². The molecule has 0 radical (unpaired) electrons. The molecule has 3 aromatic carbocycles. The van der Waals surface area contributed by atoms with E-state index in [1.165, 1.54) is 0 Å². The first-order chi connectivity index (χ1) is 24.9. The number of alkyl carbamates (subject to hydrolysis) is 1. The van der Waals surface area contributed by atoms with Crippen LogP contribution in [0.2, 0.25) is 0 Å². The Morgan fingerprint density at radius 2 is 1.43 bits per heavy atom. The first-order valence-electron chi connectivity index (χ1n) is 17.6. The van der Waals surface area contributed by atoms with E-state index in [4.69, 9.17) is 23.7 Å². The third kappa shape index (κ3) is 14.2. The van der Waals surface area contributed by atoms with Gasteiger partial charge in [-0.15, -0.1) is 0 Å². The van der Waals surface area contributed by atoms with Crippen molar-refractivity contribution in [2.75, 3.05) is 60.0 Å². The zero-order valence-electron chi connectivity index (χ0n) is 29.4. The molecule has 4 N–H and O–H groups in total. The molecule has 0 spiro atoms. The number of aliphatic hydroxyl groups excluding tert-OH is 2. The first kappa shape index (κ1) is 39.7. The van der Waals surface area contributed by atoms with Crippen LogP contribution in [-0.4, -0.2) is 100 Å². The molecule has 0 saturated carbocycles. The van der Waals surface area contributed by atoms with Crippen LogP contribution >= 0.6 is 0 Å². The van der Waals surface area contributed by atoms with E-state index in [2.05, 4.69) is 10.6 Å². The predicted octanol–water partition coefficient (Wildman–Crippen LogP) is 4.27. The number of allylic oxidation sites excluding steroid dienone is 1. The minimum atomic E-state index is -1.09. The van der Waals surface area contributed by atoms with Crippen molar-refractivity contribution < 1.29 is 43.5 Å². The smallest absolute Gasteiger partial charge is 0.407 e. The molecule has 3 aromatic rings. The molecule has 3 unspecified atom stereocenters. The quantitative estimate of drug-likeness (QED) is 0.106. The zero-order valence-corrected chi connectivity index (χ0v) is 29.4. The lowest BCUT2D eigenvalue weighted by molar-refractivity contribution is -0.127. The van der Waals surface area contributed by atoms with Crippen molar-refractivity contribution in [3.8, 4) is 0 Å². The number of fused-ring (bicyclic) bond motifs is 1. The van der Waals surface area contributed by atoms with Gasteiger partial charge in [-0.3, -0.25) is 4.79 Å². The van der Waals surface area contributed by atoms with E-state index in [1.54, 1.807) is 7.11 Å². The van der Waals surface area contributed by atoms with Crippen LogP contribution in [0.4, 0.5) is 4.79 Å². The van der Waals surface area contributed by atoms with Crippen molar-refractivity contribution >= 4 is 18.1 Å². The molecule has 11 heteroatoms. The highest BCUT2D eigenvalue weighted by Gasteiger charge is 2.35. The molecule has 1 aliphatic rings. The van der Waals surface area contributed by atoms with Gasteiger partial charge in [0.2, 0.25) is 5.91 Å². The van der Waals surface area contributed by atoms with E-state index < -0.39 is 36.3 Å². The summed E-state index contributed by atoms with van der Waals surface area (Å²) in [7, 11) is 1.62. The molecule has 0 aromatic heterocycles. The van der Waals surface area contributed by atoms with Gasteiger partial charge in [0, 0.05) is 19.4 Å². The lowest BCUT2D eigenvalue weighted by atomic mass is 9.90. The Kier molecular flexibility index (Phi) is 17.6. The van der Waals surface area contributed by atoms with E-state index in [1.807, 2.05) is 97.1 Å². The highest BCUT2D eigenvalue weighted by atomic mass is 16.6. The molecule has 0 heterocycles. The number of amides is 2. The Hall–Kier alpha value is -4.10. The van der Waals surface area contributed by atoms with Crippen LogP contribution < -0.4 is 10.6 Å². The average molecular weight is 705 g/mol. The third-order valence-electron chi connectivity index (χ3n) is 8.63. The van der Waals surface area contributed by atoms with Crippen molar-refractivity contribution in [2.45, 2.75) is 50.0 Å². The maximum atomic E-state index is 13.9. The Labute approximate surface area is 300 Å². The van der Waals surface area contributed by atoms with Crippen molar-refractivity contribution in [1.82, 2.24) is 10.6 Å². The van der Waals surface area contributed by atoms with Gasteiger partial charge in [0.15, 0.2) is 0 Å². The number of methoxy groups -OCH3 is 1. The average Bonchev–Trinajstić information content (AvgIpc) is 3.46. The number of carbonyl (C=O) groups excluding carboxylic acids is 2. The van der Waals surface area contributed by atoms with Gasteiger partial charge >= 0.3 is 6.09 Å². The summed E-state index contributed by atoms with van der Waals surface area (Å²) in [6.45, 7) is 2.88. The maximum Gasteiger partial charge on any atom is 0.407 e. The molecule has 51 heavy (non-hydrogen) atoms. The minimum absolute atomic E-state index is 0.0145. The van der Waals surface area contributed by atoms with Crippen molar-refractivity contribution in [2.24, 2.45) is 5.92 Å².